The molecule has 1 aliphatic heterocycles. The summed E-state index contributed by atoms with van der Waals surface area (Å²) in [6.45, 7) is 4.20. The third-order valence-corrected chi connectivity index (χ3v) is 9.38. The molecule has 1 aromatic carbocycles. The van der Waals surface area contributed by atoms with Crippen LogP contribution < -0.4 is 5.32 Å². The molecule has 0 fully saturated rings. The summed E-state index contributed by atoms with van der Waals surface area (Å²) in [5.74, 6) is -2.09. The van der Waals surface area contributed by atoms with E-state index in [-0.39, 0.29) is 29.9 Å². The third-order valence-electron chi connectivity index (χ3n) is 6.89. The van der Waals surface area contributed by atoms with Crippen molar-refractivity contribution in [3.8, 4) is 0 Å². The topological polar surface area (TPSA) is 111 Å². The Balaban J connectivity index is 1.79. The molecule has 0 radical (unpaired) electrons. The standard InChI is InChI=1S/C26H32N2O6S2/c1-4-6-12-26(13-7-5-2)19-11-9-8-10-18(19)21(29)20(23(26)30)24-27-25-22(36(31,32)28-24)17(15-35-25)14-34-16-33-3/h8-11,15,20H,4-7,12-14,16H2,1-3H3,(H,27,28). The number of hydrogen-bond acceptors (Lipinski definition) is 8. The number of anilines is 1. The Hall–Kier alpha value is -2.40. The van der Waals surface area contributed by atoms with Gasteiger partial charge in [-0.15, -0.1) is 15.7 Å². The van der Waals surface area contributed by atoms with Crippen LogP contribution >= 0.6 is 11.3 Å². The summed E-state index contributed by atoms with van der Waals surface area (Å²) in [5.41, 5.74) is 0.826. The molecule has 2 aromatic rings. The van der Waals surface area contributed by atoms with Crippen molar-refractivity contribution < 1.29 is 27.5 Å². The molecule has 0 bridgehead atoms. The first-order valence-corrected chi connectivity index (χ1v) is 14.6. The monoisotopic (exact) mass is 532 g/mol. The first kappa shape index (κ1) is 26.7. The summed E-state index contributed by atoms with van der Waals surface area (Å²) in [4.78, 5) is 28.0. The van der Waals surface area contributed by atoms with E-state index in [1.165, 1.54) is 18.4 Å². The maximum Gasteiger partial charge on any atom is 0.287 e. The zero-order valence-electron chi connectivity index (χ0n) is 20.8. The molecule has 4 rings (SSSR count). The number of unbranched alkanes of at least 4 members (excludes halogenated alkanes) is 2. The van der Waals surface area contributed by atoms with Crippen molar-refractivity contribution in [1.29, 1.82) is 0 Å². The quantitative estimate of drug-likeness (QED) is 0.244. The molecule has 1 atom stereocenters. The average molecular weight is 533 g/mol. The zero-order valence-corrected chi connectivity index (χ0v) is 22.5. The first-order chi connectivity index (χ1) is 17.3. The van der Waals surface area contributed by atoms with Gasteiger partial charge in [-0.05, 0) is 23.8 Å². The number of nitrogens with zero attached hydrogens (tertiary/aromatic N) is 1. The van der Waals surface area contributed by atoms with Crippen LogP contribution in [0.25, 0.3) is 0 Å². The molecule has 8 nitrogen and oxygen atoms in total. The van der Waals surface area contributed by atoms with Crippen molar-refractivity contribution in [2.45, 2.75) is 69.3 Å². The second kappa shape index (κ2) is 10.9. The lowest BCUT2D eigenvalue weighted by Gasteiger charge is -2.41. The van der Waals surface area contributed by atoms with Gasteiger partial charge in [0.15, 0.2) is 11.6 Å². The van der Waals surface area contributed by atoms with E-state index in [1.807, 2.05) is 12.1 Å². The van der Waals surface area contributed by atoms with Crippen molar-refractivity contribution >= 4 is 43.8 Å². The van der Waals surface area contributed by atoms with Crippen LogP contribution in [-0.4, -0.2) is 39.7 Å². The minimum absolute atomic E-state index is 0.0201. The molecular formula is C26H32N2O6S2. The fourth-order valence-electron chi connectivity index (χ4n) is 5.17. The fourth-order valence-corrected chi connectivity index (χ4v) is 7.79. The number of hydrogen-bond donors (Lipinski definition) is 1. The van der Waals surface area contributed by atoms with Gasteiger partial charge in [0.05, 0.1) is 12.0 Å². The molecule has 0 saturated heterocycles. The lowest BCUT2D eigenvalue weighted by Crippen LogP contribution is -2.52. The number of Topliss-reactive ketones (excluding diaryl/α,β-unsaturated/α-hetero) is 2. The van der Waals surface area contributed by atoms with Crippen molar-refractivity contribution in [3.63, 3.8) is 0 Å². The number of methoxy groups -OCH3 is 1. The van der Waals surface area contributed by atoms with Gasteiger partial charge in [-0.3, -0.25) is 9.59 Å². The van der Waals surface area contributed by atoms with Crippen molar-refractivity contribution in [2.75, 3.05) is 19.2 Å². The SMILES string of the molecule is CCCCC1(CCCC)C(=O)C(C2=NS(=O)(=O)c3c(COCOC)csc3N2)C(=O)c2ccccc21. The molecule has 1 aliphatic carbocycles. The van der Waals surface area contributed by atoms with E-state index in [2.05, 4.69) is 23.6 Å². The van der Waals surface area contributed by atoms with E-state index < -0.39 is 27.1 Å². The second-order valence-corrected chi connectivity index (χ2v) is 11.7. The van der Waals surface area contributed by atoms with E-state index in [4.69, 9.17) is 9.47 Å². The summed E-state index contributed by atoms with van der Waals surface area (Å²) >= 11 is 1.18. The Kier molecular flexibility index (Phi) is 8.09. The van der Waals surface area contributed by atoms with E-state index in [0.717, 1.165) is 31.2 Å². The van der Waals surface area contributed by atoms with Crippen LogP contribution in [0.1, 0.15) is 73.9 Å². The lowest BCUT2D eigenvalue weighted by atomic mass is 9.60. The largest absolute Gasteiger partial charge is 0.359 e. The van der Waals surface area contributed by atoms with Crippen LogP contribution in [0.15, 0.2) is 38.9 Å². The van der Waals surface area contributed by atoms with Gasteiger partial charge >= 0.3 is 0 Å². The van der Waals surface area contributed by atoms with Crippen LogP contribution in [0, 0.1) is 5.92 Å². The van der Waals surface area contributed by atoms with E-state index in [1.54, 1.807) is 17.5 Å². The Bertz CT molecular complexity index is 1270. The average Bonchev–Trinajstić information content (AvgIpc) is 3.28. The minimum atomic E-state index is -4.15. The van der Waals surface area contributed by atoms with Crippen LogP contribution in [0.5, 0.6) is 0 Å². The molecule has 0 spiro atoms. The van der Waals surface area contributed by atoms with Gasteiger partial charge in [-0.2, -0.15) is 8.42 Å². The molecule has 194 valence electrons. The van der Waals surface area contributed by atoms with Crippen LogP contribution in [-0.2, 0) is 36.3 Å². The third kappa shape index (κ3) is 4.67. The molecule has 1 unspecified atom stereocenters. The van der Waals surface area contributed by atoms with Gasteiger partial charge in [0.1, 0.15) is 28.4 Å². The number of carbonyl (C=O) groups is 2. The van der Waals surface area contributed by atoms with Gasteiger partial charge in [0, 0.05) is 18.2 Å². The van der Waals surface area contributed by atoms with Crippen LogP contribution in [0.4, 0.5) is 5.00 Å². The summed E-state index contributed by atoms with van der Waals surface area (Å²) in [6.07, 6.45) is 4.67. The summed E-state index contributed by atoms with van der Waals surface area (Å²) < 4.78 is 40.8. The highest BCUT2D eigenvalue weighted by atomic mass is 32.2. The number of benzene rings is 1. The highest BCUT2D eigenvalue weighted by Crippen LogP contribution is 2.46. The number of rotatable bonds is 11. The Morgan fingerprint density at radius 3 is 2.47 bits per heavy atom. The predicted octanol–water partition coefficient (Wildman–Crippen LogP) is 5.08. The Labute approximate surface area is 216 Å². The maximum atomic E-state index is 14.3. The van der Waals surface area contributed by atoms with Gasteiger partial charge in [-0.25, -0.2) is 0 Å². The van der Waals surface area contributed by atoms with E-state index in [9.17, 15) is 18.0 Å². The number of ketones is 2. The first-order valence-electron chi connectivity index (χ1n) is 12.3. The van der Waals surface area contributed by atoms with E-state index >= 15 is 0 Å². The fraction of sp³-hybridized carbons (Fsp3) is 0.500. The highest BCUT2D eigenvalue weighted by molar-refractivity contribution is 7.90. The van der Waals surface area contributed by atoms with Crippen LogP contribution in [0.3, 0.4) is 0 Å². The number of amidine groups is 1. The van der Waals surface area contributed by atoms with Crippen LogP contribution in [0.2, 0.25) is 0 Å². The number of ether oxygens (including phenoxy) is 2. The predicted molar refractivity (Wildman–Crippen MR) is 139 cm³/mol. The smallest absolute Gasteiger partial charge is 0.287 e. The van der Waals surface area contributed by atoms with Crippen molar-refractivity contribution in [1.82, 2.24) is 0 Å². The Morgan fingerprint density at radius 1 is 1.11 bits per heavy atom. The Morgan fingerprint density at radius 2 is 1.81 bits per heavy atom. The molecule has 2 heterocycles. The van der Waals surface area contributed by atoms with Gasteiger partial charge < -0.3 is 14.8 Å². The number of carbonyl (C=O) groups excluding carboxylic acids is 2. The highest BCUT2D eigenvalue weighted by Gasteiger charge is 2.53. The molecule has 1 aromatic heterocycles. The van der Waals surface area contributed by atoms with Gasteiger partial charge in [0.25, 0.3) is 10.0 Å². The molecule has 36 heavy (non-hydrogen) atoms. The minimum Gasteiger partial charge on any atom is -0.359 e. The zero-order chi connectivity index (χ0) is 25.9. The number of nitrogens with one attached hydrogen (secondary N) is 1. The van der Waals surface area contributed by atoms with Crippen molar-refractivity contribution in [2.24, 2.45) is 10.3 Å². The molecule has 0 saturated carbocycles. The molecule has 2 aliphatic rings. The summed E-state index contributed by atoms with van der Waals surface area (Å²) in [6, 6.07) is 7.26. The number of fused-ring (bicyclic) bond motifs is 2. The molecule has 0 amide bonds. The molecule has 10 heteroatoms. The molecule has 1 N–H and O–H groups in total. The lowest BCUT2D eigenvalue weighted by molar-refractivity contribution is -0.126. The van der Waals surface area contributed by atoms with E-state index in [0.29, 0.717) is 29.0 Å². The van der Waals surface area contributed by atoms with Gasteiger partial charge in [0.2, 0.25) is 0 Å². The van der Waals surface area contributed by atoms with Gasteiger partial charge in [-0.1, -0.05) is 63.8 Å². The normalized spacial score (nSPS) is 19.9. The summed E-state index contributed by atoms with van der Waals surface area (Å²) in [7, 11) is -2.67. The second-order valence-electron chi connectivity index (χ2n) is 9.25. The number of sulfonamides is 1. The number of thiophene rings is 1. The maximum absolute atomic E-state index is 14.3. The summed E-state index contributed by atoms with van der Waals surface area (Å²) in [5, 5.41) is 5.05. The van der Waals surface area contributed by atoms with Crippen molar-refractivity contribution in [3.05, 3.63) is 46.3 Å². The molecular weight excluding hydrogens is 500 g/mol.